The number of morpholine rings is 1. The molecule has 8 bridgehead atoms. The van der Waals surface area contributed by atoms with Gasteiger partial charge in [0.05, 0.1) is 34.9 Å². The maximum absolute atomic E-state index is 13.3. The first-order valence-corrected chi connectivity index (χ1v) is 13.8. The zero-order chi connectivity index (χ0) is 25.6. The minimum Gasteiger partial charge on any atom is -0.480 e. The molecule has 6 rings (SSSR count). The highest BCUT2D eigenvalue weighted by Gasteiger charge is 2.26. The molecule has 1 fully saturated rings. The number of nitrogens with one attached hydrogen (secondary N) is 2. The van der Waals surface area contributed by atoms with E-state index in [1.165, 1.54) is 43.0 Å². The second-order valence-corrected chi connectivity index (χ2v) is 11.3. The molecule has 2 aliphatic rings. The number of ether oxygens (including phenoxy) is 2. The van der Waals surface area contributed by atoms with E-state index in [0.29, 0.717) is 25.3 Å². The highest BCUT2D eigenvalue weighted by molar-refractivity contribution is 7.92. The monoisotopic (exact) mass is 538 g/mol. The Balaban J connectivity index is 1.51. The Labute approximate surface area is 216 Å². The molecule has 1 aromatic carbocycles. The van der Waals surface area contributed by atoms with E-state index in [-0.39, 0.29) is 34.7 Å². The van der Waals surface area contributed by atoms with Gasteiger partial charge < -0.3 is 19.7 Å². The molecule has 2 aliphatic heterocycles. The Morgan fingerprint density at radius 2 is 2.05 bits per heavy atom. The number of rotatable bonds is 1. The van der Waals surface area contributed by atoms with Crippen LogP contribution in [0.15, 0.2) is 53.8 Å². The minimum absolute atomic E-state index is 0.0596. The summed E-state index contributed by atoms with van der Waals surface area (Å²) in [6.45, 7) is 1.94. The summed E-state index contributed by atoms with van der Waals surface area (Å²) in [6.07, 6.45) is 2.90. The van der Waals surface area contributed by atoms with Crippen molar-refractivity contribution >= 4 is 49.0 Å². The molecule has 1 atom stereocenters. The SMILES string of the molecule is COc1ncc2cc1NS(=O)(=O)c1cccc(c1)C(=O)NC[C@@H]1CN(CCO1)c1ncnc3cc-2sc13. The molecule has 0 aliphatic carbocycles. The molecule has 0 radical (unpaired) electrons. The van der Waals surface area contributed by atoms with Crippen molar-refractivity contribution in [3.8, 4) is 16.3 Å². The molecular weight excluding hydrogens is 516 g/mol. The van der Waals surface area contributed by atoms with Gasteiger partial charge in [0, 0.05) is 41.8 Å². The highest BCUT2D eigenvalue weighted by Crippen LogP contribution is 2.39. The zero-order valence-electron chi connectivity index (χ0n) is 19.7. The lowest BCUT2D eigenvalue weighted by molar-refractivity contribution is 0.0395. The number of anilines is 2. The van der Waals surface area contributed by atoms with E-state index in [1.807, 2.05) is 6.07 Å². The van der Waals surface area contributed by atoms with Gasteiger partial charge in [-0.3, -0.25) is 9.52 Å². The van der Waals surface area contributed by atoms with Gasteiger partial charge in [-0.15, -0.1) is 11.3 Å². The van der Waals surface area contributed by atoms with Crippen molar-refractivity contribution in [1.29, 1.82) is 0 Å². The molecular formula is C24H22N6O5S2. The lowest BCUT2D eigenvalue weighted by Crippen LogP contribution is -2.48. The van der Waals surface area contributed by atoms with Crippen LogP contribution in [0.1, 0.15) is 10.4 Å². The fourth-order valence-electron chi connectivity index (χ4n) is 4.38. The van der Waals surface area contributed by atoms with Crippen LogP contribution in [0.25, 0.3) is 20.7 Å². The molecule has 0 unspecified atom stereocenters. The summed E-state index contributed by atoms with van der Waals surface area (Å²) >= 11 is 1.50. The van der Waals surface area contributed by atoms with E-state index in [9.17, 15) is 13.2 Å². The second-order valence-electron chi connectivity index (χ2n) is 8.59. The molecule has 0 saturated carbocycles. The molecule has 5 heterocycles. The zero-order valence-corrected chi connectivity index (χ0v) is 21.3. The maximum Gasteiger partial charge on any atom is 0.262 e. The summed E-state index contributed by atoms with van der Waals surface area (Å²) < 4.78 is 41.2. The van der Waals surface area contributed by atoms with Gasteiger partial charge in [-0.1, -0.05) is 6.07 Å². The summed E-state index contributed by atoms with van der Waals surface area (Å²) in [7, 11) is -2.64. The number of aromatic nitrogens is 3. The summed E-state index contributed by atoms with van der Waals surface area (Å²) in [4.78, 5) is 29.1. The standard InChI is InChI=1S/C24H22N6O5S2/c1-34-24-19-8-15(10-26-24)20-9-18-21(36-20)22(28-13-27-18)30-5-6-35-16(12-30)11-25-23(31)14-3-2-4-17(7-14)37(32,33)29-19/h2-4,7-10,13,16,29H,5-6,11-12H2,1H3,(H,25,31)/t16-/m1/s1. The van der Waals surface area contributed by atoms with Gasteiger partial charge >= 0.3 is 0 Å². The number of sulfonamides is 1. The predicted molar refractivity (Wildman–Crippen MR) is 139 cm³/mol. The van der Waals surface area contributed by atoms with Crippen molar-refractivity contribution in [2.75, 3.05) is 43.0 Å². The summed E-state index contributed by atoms with van der Waals surface area (Å²) in [5.41, 5.74) is 1.86. The number of nitrogens with zero attached hydrogens (tertiary/aromatic N) is 4. The lowest BCUT2D eigenvalue weighted by atomic mass is 10.2. The Bertz CT molecular complexity index is 1620. The van der Waals surface area contributed by atoms with Gasteiger partial charge in [0.2, 0.25) is 5.88 Å². The molecule has 3 aromatic heterocycles. The summed E-state index contributed by atoms with van der Waals surface area (Å²) in [6, 6.07) is 9.46. The van der Waals surface area contributed by atoms with E-state index >= 15 is 0 Å². The fraction of sp³-hybridized carbons (Fsp3) is 0.250. The first-order valence-electron chi connectivity index (χ1n) is 11.5. The lowest BCUT2D eigenvalue weighted by Gasteiger charge is -2.33. The van der Waals surface area contributed by atoms with Crippen LogP contribution in [-0.2, 0) is 14.8 Å². The molecule has 190 valence electrons. The Morgan fingerprint density at radius 1 is 1.16 bits per heavy atom. The number of carbonyl (C=O) groups excluding carboxylic acids is 1. The molecule has 37 heavy (non-hydrogen) atoms. The molecule has 13 heteroatoms. The van der Waals surface area contributed by atoms with Gasteiger partial charge in [0.25, 0.3) is 15.9 Å². The maximum atomic E-state index is 13.3. The average molecular weight is 539 g/mol. The average Bonchev–Trinajstić information content (AvgIpc) is 3.36. The van der Waals surface area contributed by atoms with Gasteiger partial charge in [-0.05, 0) is 30.3 Å². The Hall–Kier alpha value is -3.81. The first-order chi connectivity index (χ1) is 17.9. The molecule has 1 saturated heterocycles. The number of methoxy groups -OCH3 is 1. The van der Waals surface area contributed by atoms with Crippen LogP contribution in [0.2, 0.25) is 0 Å². The predicted octanol–water partition coefficient (Wildman–Crippen LogP) is 2.51. The number of thiophene rings is 1. The summed E-state index contributed by atoms with van der Waals surface area (Å²) in [5, 5.41) is 2.86. The van der Waals surface area contributed by atoms with Crippen LogP contribution in [-0.4, -0.2) is 68.7 Å². The van der Waals surface area contributed by atoms with E-state index in [4.69, 9.17) is 9.47 Å². The molecule has 2 N–H and O–H groups in total. The summed E-state index contributed by atoms with van der Waals surface area (Å²) in [5.74, 6) is 0.515. The first kappa shape index (κ1) is 23.6. The largest absolute Gasteiger partial charge is 0.480 e. The van der Waals surface area contributed by atoms with Crippen LogP contribution in [0.4, 0.5) is 11.5 Å². The van der Waals surface area contributed by atoms with E-state index < -0.39 is 15.9 Å². The number of carbonyl (C=O) groups is 1. The Morgan fingerprint density at radius 3 is 2.92 bits per heavy atom. The minimum atomic E-state index is -4.06. The number of fused-ring (bicyclic) bond motifs is 9. The van der Waals surface area contributed by atoms with Crippen LogP contribution in [0.5, 0.6) is 5.88 Å². The van der Waals surface area contributed by atoms with Crippen molar-refractivity contribution in [2.45, 2.75) is 11.0 Å². The third kappa shape index (κ3) is 4.45. The van der Waals surface area contributed by atoms with Crippen LogP contribution >= 0.6 is 11.3 Å². The van der Waals surface area contributed by atoms with Gasteiger partial charge in [-0.2, -0.15) is 0 Å². The number of benzene rings is 1. The third-order valence-electron chi connectivity index (χ3n) is 6.20. The van der Waals surface area contributed by atoms with Crippen molar-refractivity contribution in [2.24, 2.45) is 0 Å². The molecule has 1 amide bonds. The van der Waals surface area contributed by atoms with Gasteiger partial charge in [0.1, 0.15) is 17.8 Å². The van der Waals surface area contributed by atoms with Crippen LogP contribution in [0.3, 0.4) is 0 Å². The van der Waals surface area contributed by atoms with E-state index in [0.717, 1.165) is 20.9 Å². The van der Waals surface area contributed by atoms with Gasteiger partial charge in [0.15, 0.2) is 0 Å². The molecule has 4 aromatic rings. The smallest absolute Gasteiger partial charge is 0.262 e. The normalized spacial score (nSPS) is 19.0. The van der Waals surface area contributed by atoms with Crippen molar-refractivity contribution in [3.63, 3.8) is 0 Å². The quantitative estimate of drug-likeness (QED) is 0.375. The van der Waals surface area contributed by atoms with E-state index in [2.05, 4.69) is 29.9 Å². The topological polar surface area (TPSA) is 136 Å². The van der Waals surface area contributed by atoms with Crippen LogP contribution < -0.4 is 19.7 Å². The number of hydrogen-bond acceptors (Lipinski definition) is 10. The fourth-order valence-corrected chi connectivity index (χ4v) is 6.59. The Kier molecular flexibility index (Phi) is 5.89. The third-order valence-corrected chi connectivity index (χ3v) is 8.73. The molecule has 11 nitrogen and oxygen atoms in total. The second kappa shape index (κ2) is 9.25. The van der Waals surface area contributed by atoms with Gasteiger partial charge in [-0.25, -0.2) is 23.4 Å². The van der Waals surface area contributed by atoms with Crippen molar-refractivity contribution < 1.29 is 22.7 Å². The van der Waals surface area contributed by atoms with Crippen molar-refractivity contribution in [3.05, 3.63) is 54.5 Å². The number of pyridine rings is 1. The highest BCUT2D eigenvalue weighted by atomic mass is 32.2. The van der Waals surface area contributed by atoms with E-state index in [1.54, 1.807) is 18.3 Å². The number of hydrogen-bond donors (Lipinski definition) is 2. The number of amides is 1. The van der Waals surface area contributed by atoms with Crippen LogP contribution in [0, 0.1) is 0 Å². The van der Waals surface area contributed by atoms with Crippen molar-refractivity contribution in [1.82, 2.24) is 20.3 Å². The molecule has 0 spiro atoms.